The van der Waals surface area contributed by atoms with Gasteiger partial charge in [0.15, 0.2) is 5.75 Å². The van der Waals surface area contributed by atoms with Gasteiger partial charge >= 0.3 is 11.9 Å². The van der Waals surface area contributed by atoms with Gasteiger partial charge in [0.25, 0.3) is 0 Å². The number of halogens is 1. The van der Waals surface area contributed by atoms with Gasteiger partial charge in [-0.05, 0) is 12.1 Å². The van der Waals surface area contributed by atoms with E-state index in [0.717, 1.165) is 13.2 Å². The first kappa shape index (κ1) is 12.0. The third-order valence-corrected chi connectivity index (χ3v) is 1.89. The Kier molecular flexibility index (Phi) is 3.82. The minimum Gasteiger partial charge on any atom is -0.465 e. The Bertz CT molecular complexity index is 416. The highest BCUT2D eigenvalue weighted by Crippen LogP contribution is 2.19. The zero-order valence-corrected chi connectivity index (χ0v) is 8.65. The number of benzene rings is 1. The van der Waals surface area contributed by atoms with Crippen molar-refractivity contribution in [2.24, 2.45) is 0 Å². The van der Waals surface area contributed by atoms with Crippen molar-refractivity contribution in [2.45, 2.75) is 0 Å². The molecule has 0 fully saturated rings. The van der Waals surface area contributed by atoms with Crippen LogP contribution in [0.2, 0.25) is 0 Å². The number of rotatable bonds is 3. The third-order valence-electron chi connectivity index (χ3n) is 1.89. The first-order valence-electron chi connectivity index (χ1n) is 4.23. The molecule has 0 heterocycles. The zero-order valence-electron chi connectivity index (χ0n) is 8.65. The van der Waals surface area contributed by atoms with Gasteiger partial charge in [-0.3, -0.25) is 4.94 Å². The Morgan fingerprint density at radius 2 is 1.62 bits per heavy atom. The van der Waals surface area contributed by atoms with Crippen molar-refractivity contribution >= 4 is 11.9 Å². The molecule has 0 saturated heterocycles. The lowest BCUT2D eigenvalue weighted by Gasteiger charge is -2.06. The van der Waals surface area contributed by atoms with Crippen LogP contribution in [0, 0.1) is 0 Å². The normalized spacial score (nSPS) is 9.44. The number of carbonyl (C=O) groups is 2. The molecule has 86 valence electrons. The van der Waals surface area contributed by atoms with Crippen LogP contribution >= 0.6 is 0 Å². The molecule has 0 unspecified atom stereocenters. The van der Waals surface area contributed by atoms with E-state index in [4.69, 9.17) is 0 Å². The lowest BCUT2D eigenvalue weighted by atomic mass is 10.1. The summed E-state index contributed by atoms with van der Waals surface area (Å²) >= 11 is 0. The maximum Gasteiger partial charge on any atom is 0.338 e. The molecule has 16 heavy (non-hydrogen) atoms. The summed E-state index contributed by atoms with van der Waals surface area (Å²) in [7, 11) is 2.31. The number of hydrogen-bond donors (Lipinski definition) is 0. The van der Waals surface area contributed by atoms with Gasteiger partial charge in [0, 0.05) is 10.6 Å². The molecule has 0 amide bonds. The standard InChI is InChI=1S/C10H9FO5/c1-14-9(12)7-4-3-6(16-11)5-8(7)10(13)15-2/h3-5H,1-2H3. The van der Waals surface area contributed by atoms with Crippen LogP contribution in [0.4, 0.5) is 4.53 Å². The summed E-state index contributed by atoms with van der Waals surface area (Å²) in [6, 6.07) is 3.46. The van der Waals surface area contributed by atoms with E-state index in [1.807, 2.05) is 0 Å². The first-order chi connectivity index (χ1) is 7.63. The van der Waals surface area contributed by atoms with Crippen molar-refractivity contribution in [3.63, 3.8) is 0 Å². The summed E-state index contributed by atoms with van der Waals surface area (Å²) in [5, 5.41) is 0. The number of ether oxygens (including phenoxy) is 2. The average molecular weight is 228 g/mol. The summed E-state index contributed by atoms with van der Waals surface area (Å²) < 4.78 is 20.8. The quantitative estimate of drug-likeness (QED) is 0.734. The van der Waals surface area contributed by atoms with E-state index in [9.17, 15) is 14.1 Å². The van der Waals surface area contributed by atoms with Crippen molar-refractivity contribution in [1.29, 1.82) is 0 Å². The molecule has 5 nitrogen and oxygen atoms in total. The molecule has 0 aliphatic carbocycles. The van der Waals surface area contributed by atoms with Crippen LogP contribution in [0.1, 0.15) is 20.7 Å². The fraction of sp³-hybridized carbons (Fsp3) is 0.200. The molecule has 1 aromatic rings. The molecule has 0 aliphatic heterocycles. The molecule has 0 atom stereocenters. The van der Waals surface area contributed by atoms with Gasteiger partial charge in [0.1, 0.15) is 0 Å². The Morgan fingerprint density at radius 1 is 1.06 bits per heavy atom. The van der Waals surface area contributed by atoms with Gasteiger partial charge in [-0.2, -0.15) is 0 Å². The maximum absolute atomic E-state index is 11.9. The van der Waals surface area contributed by atoms with E-state index in [1.165, 1.54) is 19.2 Å². The second-order valence-electron chi connectivity index (χ2n) is 2.77. The molecule has 0 saturated carbocycles. The van der Waals surface area contributed by atoms with Gasteiger partial charge in [0.05, 0.1) is 25.3 Å². The van der Waals surface area contributed by atoms with E-state index in [-0.39, 0.29) is 16.9 Å². The summed E-state index contributed by atoms with van der Waals surface area (Å²) in [5.74, 6) is -1.70. The van der Waals surface area contributed by atoms with Crippen molar-refractivity contribution in [3.8, 4) is 5.75 Å². The van der Waals surface area contributed by atoms with E-state index < -0.39 is 11.9 Å². The highest BCUT2D eigenvalue weighted by atomic mass is 19.3. The average Bonchev–Trinajstić information content (AvgIpc) is 2.36. The van der Waals surface area contributed by atoms with E-state index in [0.29, 0.717) is 0 Å². The summed E-state index contributed by atoms with van der Waals surface area (Å²) in [6.07, 6.45) is 0. The molecule has 1 rings (SSSR count). The van der Waals surface area contributed by atoms with Crippen LogP contribution in [0.5, 0.6) is 5.75 Å². The number of methoxy groups -OCH3 is 2. The van der Waals surface area contributed by atoms with Crippen LogP contribution in [0.15, 0.2) is 18.2 Å². The van der Waals surface area contributed by atoms with Crippen molar-refractivity contribution in [1.82, 2.24) is 0 Å². The molecule has 0 aliphatic rings. The third kappa shape index (κ3) is 2.28. The molecule has 0 N–H and O–H groups in total. The summed E-state index contributed by atoms with van der Waals surface area (Å²) in [6.45, 7) is 0. The van der Waals surface area contributed by atoms with Gasteiger partial charge in [-0.25, -0.2) is 9.59 Å². The fourth-order valence-electron chi connectivity index (χ4n) is 1.14. The van der Waals surface area contributed by atoms with E-state index in [1.54, 1.807) is 0 Å². The second-order valence-corrected chi connectivity index (χ2v) is 2.77. The van der Waals surface area contributed by atoms with Crippen LogP contribution in [-0.4, -0.2) is 26.2 Å². The summed E-state index contributed by atoms with van der Waals surface area (Å²) in [5.41, 5.74) is -0.139. The Balaban J connectivity index is 3.26. The number of carbonyl (C=O) groups excluding carboxylic acids is 2. The molecule has 0 spiro atoms. The van der Waals surface area contributed by atoms with Crippen LogP contribution in [0.3, 0.4) is 0 Å². The van der Waals surface area contributed by atoms with Gasteiger partial charge < -0.3 is 9.47 Å². The molecule has 6 heteroatoms. The first-order valence-corrected chi connectivity index (χ1v) is 4.23. The Morgan fingerprint density at radius 3 is 2.12 bits per heavy atom. The molecular formula is C10H9FO5. The van der Waals surface area contributed by atoms with Gasteiger partial charge in [-0.15, -0.1) is 0 Å². The van der Waals surface area contributed by atoms with Crippen LogP contribution < -0.4 is 4.94 Å². The van der Waals surface area contributed by atoms with Gasteiger partial charge in [0.2, 0.25) is 0 Å². The monoisotopic (exact) mass is 228 g/mol. The highest BCUT2D eigenvalue weighted by Gasteiger charge is 2.19. The lowest BCUT2D eigenvalue weighted by molar-refractivity contribution is -0.00639. The molecule has 1 aromatic carbocycles. The maximum atomic E-state index is 11.9. The van der Waals surface area contributed by atoms with Crippen LogP contribution in [0.25, 0.3) is 0 Å². The second kappa shape index (κ2) is 5.11. The number of esters is 2. The molecular weight excluding hydrogens is 219 g/mol. The minimum atomic E-state index is -0.778. The predicted molar refractivity (Wildman–Crippen MR) is 50.9 cm³/mol. The molecule has 0 bridgehead atoms. The molecule has 0 aromatic heterocycles. The van der Waals surface area contributed by atoms with E-state index in [2.05, 4.69) is 14.4 Å². The highest BCUT2D eigenvalue weighted by molar-refractivity contribution is 6.03. The fourth-order valence-corrected chi connectivity index (χ4v) is 1.14. The summed E-state index contributed by atoms with van der Waals surface area (Å²) in [4.78, 5) is 26.1. The minimum absolute atomic E-state index is 0.0184. The van der Waals surface area contributed by atoms with E-state index >= 15 is 0 Å². The lowest BCUT2D eigenvalue weighted by Crippen LogP contribution is -2.11. The van der Waals surface area contributed by atoms with Crippen molar-refractivity contribution in [3.05, 3.63) is 29.3 Å². The molecule has 0 radical (unpaired) electrons. The Labute approximate surface area is 90.6 Å². The predicted octanol–water partition coefficient (Wildman–Crippen LogP) is 1.52. The zero-order chi connectivity index (χ0) is 12.1. The van der Waals surface area contributed by atoms with Gasteiger partial charge in [-0.1, -0.05) is 0 Å². The van der Waals surface area contributed by atoms with Crippen molar-refractivity contribution < 1.29 is 28.5 Å². The number of hydrogen-bond acceptors (Lipinski definition) is 5. The Hall–Kier alpha value is -2.11. The smallest absolute Gasteiger partial charge is 0.338 e. The van der Waals surface area contributed by atoms with Crippen LogP contribution in [-0.2, 0) is 9.47 Å². The topological polar surface area (TPSA) is 61.8 Å². The van der Waals surface area contributed by atoms with Crippen molar-refractivity contribution in [2.75, 3.05) is 14.2 Å². The SMILES string of the molecule is COC(=O)c1ccc(OF)cc1C(=O)OC. The largest absolute Gasteiger partial charge is 0.465 e.